The summed E-state index contributed by atoms with van der Waals surface area (Å²) in [5.41, 5.74) is 4.52. The molecule has 0 fully saturated rings. The fraction of sp³-hybridized carbons (Fsp3) is 0.190. The maximum Gasteiger partial charge on any atom is 0.262 e. The minimum Gasteiger partial charge on any atom is -0.482 e. The summed E-state index contributed by atoms with van der Waals surface area (Å²) in [7, 11) is 0. The summed E-state index contributed by atoms with van der Waals surface area (Å²) in [6.45, 7) is 0.652. The molecule has 140 valence electrons. The van der Waals surface area contributed by atoms with Gasteiger partial charge in [0.2, 0.25) is 5.91 Å². The van der Waals surface area contributed by atoms with Crippen LogP contribution in [-0.2, 0) is 16.1 Å². The molecule has 3 heterocycles. The van der Waals surface area contributed by atoms with E-state index >= 15 is 0 Å². The number of hydrogen-bond acceptors (Lipinski definition) is 4. The number of nitrogens with one attached hydrogen (secondary N) is 2. The lowest BCUT2D eigenvalue weighted by Gasteiger charge is -2.29. The molecule has 0 saturated carbocycles. The van der Waals surface area contributed by atoms with Crippen molar-refractivity contribution in [3.05, 3.63) is 71.5 Å². The Morgan fingerprint density at radius 3 is 2.82 bits per heavy atom. The number of carbonyl (C=O) groups excluding carboxylic acids is 2. The van der Waals surface area contributed by atoms with E-state index < -0.39 is 0 Å². The van der Waals surface area contributed by atoms with E-state index in [-0.39, 0.29) is 24.3 Å². The number of anilines is 2. The second-order valence-corrected chi connectivity index (χ2v) is 7.03. The summed E-state index contributed by atoms with van der Waals surface area (Å²) in [5.74, 6) is 0.275. The third kappa shape index (κ3) is 3.00. The molecule has 0 spiro atoms. The number of hydrogen-bond donors (Lipinski definition) is 2. The number of aromatic nitrogens is 2. The fourth-order valence-corrected chi connectivity index (χ4v) is 3.82. The summed E-state index contributed by atoms with van der Waals surface area (Å²) in [6.07, 6.45) is 4.03. The van der Waals surface area contributed by atoms with Gasteiger partial charge in [-0.25, -0.2) is 0 Å². The van der Waals surface area contributed by atoms with Crippen molar-refractivity contribution in [3.63, 3.8) is 0 Å². The molecule has 5 rings (SSSR count). The quantitative estimate of drug-likeness (QED) is 0.738. The highest BCUT2D eigenvalue weighted by atomic mass is 16.5. The third-order valence-electron chi connectivity index (χ3n) is 5.08. The average Bonchev–Trinajstić information content (AvgIpc) is 3.19. The standard InChI is InChI=1S/C21H18N4O3/c26-20-9-15(14-4-1-3-13(7-14)11-25-6-2-5-22-25)16-8-18-19(10-17(16)23-20)28-12-21(27)24-18/h1-8,10,15H,9,11-12H2,(H,23,26)(H,24,27)/t15-/m0/s1. The maximum atomic E-state index is 12.3. The second kappa shape index (κ2) is 6.53. The molecular weight excluding hydrogens is 356 g/mol. The highest BCUT2D eigenvalue weighted by Crippen LogP contribution is 2.43. The number of amides is 2. The van der Waals surface area contributed by atoms with E-state index in [2.05, 4.69) is 27.9 Å². The molecule has 0 aliphatic carbocycles. The van der Waals surface area contributed by atoms with Crippen LogP contribution in [0.3, 0.4) is 0 Å². The first-order chi connectivity index (χ1) is 13.7. The molecule has 2 aromatic carbocycles. The second-order valence-electron chi connectivity index (χ2n) is 7.03. The highest BCUT2D eigenvalue weighted by Gasteiger charge is 2.29. The molecule has 3 aromatic rings. The predicted molar refractivity (Wildman–Crippen MR) is 103 cm³/mol. The number of carbonyl (C=O) groups is 2. The Morgan fingerprint density at radius 1 is 1.07 bits per heavy atom. The molecule has 7 nitrogen and oxygen atoms in total. The summed E-state index contributed by atoms with van der Waals surface area (Å²) in [6, 6.07) is 13.8. The van der Waals surface area contributed by atoms with Gasteiger partial charge in [0.15, 0.2) is 6.61 Å². The average molecular weight is 374 g/mol. The van der Waals surface area contributed by atoms with E-state index in [1.165, 1.54) is 0 Å². The Hall–Kier alpha value is -3.61. The maximum absolute atomic E-state index is 12.3. The first-order valence-electron chi connectivity index (χ1n) is 9.12. The summed E-state index contributed by atoms with van der Waals surface area (Å²) < 4.78 is 7.35. The molecule has 2 aliphatic heterocycles. The summed E-state index contributed by atoms with van der Waals surface area (Å²) in [5, 5.41) is 10.0. The topological polar surface area (TPSA) is 85.2 Å². The molecule has 0 bridgehead atoms. The lowest BCUT2D eigenvalue weighted by atomic mass is 9.83. The molecule has 0 unspecified atom stereocenters. The molecule has 0 saturated heterocycles. The van der Waals surface area contributed by atoms with Crippen LogP contribution in [0.15, 0.2) is 54.9 Å². The Bertz CT molecular complexity index is 1080. The zero-order valence-electron chi connectivity index (χ0n) is 15.0. The number of fused-ring (bicyclic) bond motifs is 2. The van der Waals surface area contributed by atoms with Crippen LogP contribution in [0.25, 0.3) is 0 Å². The molecule has 2 aliphatic rings. The minimum atomic E-state index is -0.176. The van der Waals surface area contributed by atoms with Gasteiger partial charge in [0, 0.05) is 36.5 Å². The number of ether oxygens (including phenoxy) is 1. The van der Waals surface area contributed by atoms with Crippen LogP contribution < -0.4 is 15.4 Å². The summed E-state index contributed by atoms with van der Waals surface area (Å²) >= 11 is 0. The van der Waals surface area contributed by atoms with E-state index in [9.17, 15) is 9.59 Å². The molecular formula is C21H18N4O3. The predicted octanol–water partition coefficient (Wildman–Crippen LogP) is 2.74. The van der Waals surface area contributed by atoms with Gasteiger partial charge in [-0.15, -0.1) is 0 Å². The van der Waals surface area contributed by atoms with Gasteiger partial charge in [-0.1, -0.05) is 24.3 Å². The van der Waals surface area contributed by atoms with Gasteiger partial charge in [0.1, 0.15) is 5.75 Å². The van der Waals surface area contributed by atoms with Gasteiger partial charge in [-0.2, -0.15) is 5.10 Å². The van der Waals surface area contributed by atoms with Crippen molar-refractivity contribution >= 4 is 23.2 Å². The van der Waals surface area contributed by atoms with Gasteiger partial charge < -0.3 is 15.4 Å². The van der Waals surface area contributed by atoms with Gasteiger partial charge in [-0.05, 0) is 28.8 Å². The lowest BCUT2D eigenvalue weighted by Crippen LogP contribution is -2.28. The van der Waals surface area contributed by atoms with E-state index in [1.54, 1.807) is 12.3 Å². The van der Waals surface area contributed by atoms with E-state index in [0.29, 0.717) is 24.4 Å². The fourth-order valence-electron chi connectivity index (χ4n) is 3.82. The van der Waals surface area contributed by atoms with Crippen LogP contribution >= 0.6 is 0 Å². The molecule has 28 heavy (non-hydrogen) atoms. The number of benzene rings is 2. The van der Waals surface area contributed by atoms with Crippen molar-refractivity contribution in [2.75, 3.05) is 17.2 Å². The zero-order valence-corrected chi connectivity index (χ0v) is 15.0. The highest BCUT2D eigenvalue weighted by molar-refractivity contribution is 5.99. The molecule has 7 heteroatoms. The molecule has 1 aromatic heterocycles. The van der Waals surface area contributed by atoms with Gasteiger partial charge in [0.05, 0.1) is 12.2 Å². The molecule has 0 radical (unpaired) electrons. The van der Waals surface area contributed by atoms with E-state index in [0.717, 1.165) is 22.4 Å². The van der Waals surface area contributed by atoms with Crippen molar-refractivity contribution in [2.24, 2.45) is 0 Å². The first kappa shape index (κ1) is 16.6. The van der Waals surface area contributed by atoms with Crippen LogP contribution in [0.2, 0.25) is 0 Å². The van der Waals surface area contributed by atoms with Crippen molar-refractivity contribution in [1.29, 1.82) is 0 Å². The van der Waals surface area contributed by atoms with Crippen LogP contribution in [0.5, 0.6) is 5.75 Å². The Labute approximate surface area is 161 Å². The molecule has 2 amide bonds. The van der Waals surface area contributed by atoms with E-state index in [1.807, 2.05) is 35.1 Å². The van der Waals surface area contributed by atoms with Crippen molar-refractivity contribution in [2.45, 2.75) is 18.9 Å². The zero-order chi connectivity index (χ0) is 19.1. The van der Waals surface area contributed by atoms with Crippen LogP contribution in [0.1, 0.15) is 29.0 Å². The molecule has 1 atom stereocenters. The van der Waals surface area contributed by atoms with Crippen LogP contribution in [0.4, 0.5) is 11.4 Å². The Morgan fingerprint density at radius 2 is 1.96 bits per heavy atom. The lowest BCUT2D eigenvalue weighted by molar-refractivity contribution is -0.119. The Kier molecular flexibility index (Phi) is 3.86. The largest absolute Gasteiger partial charge is 0.482 e. The van der Waals surface area contributed by atoms with Crippen molar-refractivity contribution < 1.29 is 14.3 Å². The normalized spacial score (nSPS) is 17.8. The van der Waals surface area contributed by atoms with Crippen LogP contribution in [-0.4, -0.2) is 28.2 Å². The minimum absolute atomic E-state index is 0.0152. The van der Waals surface area contributed by atoms with Crippen LogP contribution in [0, 0.1) is 0 Å². The van der Waals surface area contributed by atoms with Gasteiger partial charge in [-0.3, -0.25) is 14.3 Å². The van der Waals surface area contributed by atoms with Gasteiger partial charge in [0.25, 0.3) is 5.91 Å². The SMILES string of the molecule is O=C1COc2cc3c(cc2N1)[C@H](c1cccc(Cn2cccn2)c1)CC(=O)N3. The number of nitrogens with zero attached hydrogens (tertiary/aromatic N) is 2. The van der Waals surface area contributed by atoms with Gasteiger partial charge >= 0.3 is 0 Å². The molecule has 2 N–H and O–H groups in total. The summed E-state index contributed by atoms with van der Waals surface area (Å²) in [4.78, 5) is 24.0. The van der Waals surface area contributed by atoms with Crippen molar-refractivity contribution in [1.82, 2.24) is 9.78 Å². The number of rotatable bonds is 3. The smallest absolute Gasteiger partial charge is 0.262 e. The monoisotopic (exact) mass is 374 g/mol. The van der Waals surface area contributed by atoms with Crippen molar-refractivity contribution in [3.8, 4) is 5.75 Å². The Balaban J connectivity index is 1.53. The van der Waals surface area contributed by atoms with E-state index in [4.69, 9.17) is 4.74 Å². The third-order valence-corrected chi connectivity index (χ3v) is 5.08. The first-order valence-corrected chi connectivity index (χ1v) is 9.12.